The molecular weight excluding hydrogens is 280 g/mol. The molecule has 21 heavy (non-hydrogen) atoms. The Morgan fingerprint density at radius 2 is 1.86 bits per heavy atom. The molecule has 1 atom stereocenters. The first-order valence-corrected chi connectivity index (χ1v) is 8.74. The fourth-order valence-corrected chi connectivity index (χ4v) is 3.94. The van der Waals surface area contributed by atoms with E-state index >= 15 is 0 Å². The molecule has 1 heterocycles. The third-order valence-corrected chi connectivity index (χ3v) is 5.20. The first kappa shape index (κ1) is 15.1. The molecule has 3 rings (SSSR count). The normalized spacial score (nSPS) is 29.5. The standard InChI is InChI=1S/C18H25ClN2/c19-18-8-4-7-17(13-18)15-21-11-9-20(10-12-21)14-16-5-2-1-3-6-16/h1-2,4,7-8,13,16H,3,5-6,9-12,14-15H2/p+2/t16-/m1/s1. The molecule has 0 amide bonds. The second-order valence-corrected chi connectivity index (χ2v) is 7.10. The Morgan fingerprint density at radius 3 is 2.57 bits per heavy atom. The molecule has 2 aliphatic rings. The number of quaternary nitrogens is 2. The van der Waals surface area contributed by atoms with E-state index in [1.807, 2.05) is 11.0 Å². The van der Waals surface area contributed by atoms with Crippen LogP contribution in [0.5, 0.6) is 0 Å². The van der Waals surface area contributed by atoms with E-state index in [0.29, 0.717) is 0 Å². The Kier molecular flexibility index (Phi) is 5.34. The summed E-state index contributed by atoms with van der Waals surface area (Å²) in [6.07, 6.45) is 8.74. The highest BCUT2D eigenvalue weighted by Gasteiger charge is 2.25. The van der Waals surface area contributed by atoms with Crippen LogP contribution in [0, 0.1) is 5.92 Å². The number of halogens is 1. The molecule has 114 valence electrons. The van der Waals surface area contributed by atoms with Gasteiger partial charge < -0.3 is 9.80 Å². The topological polar surface area (TPSA) is 8.88 Å². The number of piperazine rings is 1. The SMILES string of the molecule is Clc1cccc(C[NH+]2CC[NH+](C[C@@H]3CC=CCC3)CC2)c1. The van der Waals surface area contributed by atoms with Crippen LogP contribution in [-0.2, 0) is 6.54 Å². The highest BCUT2D eigenvalue weighted by Crippen LogP contribution is 2.16. The van der Waals surface area contributed by atoms with Gasteiger partial charge in [0.2, 0.25) is 0 Å². The molecule has 1 fully saturated rings. The van der Waals surface area contributed by atoms with Crippen LogP contribution in [0.15, 0.2) is 36.4 Å². The van der Waals surface area contributed by atoms with Gasteiger partial charge in [0.1, 0.15) is 32.7 Å². The van der Waals surface area contributed by atoms with E-state index in [4.69, 9.17) is 11.6 Å². The second-order valence-electron chi connectivity index (χ2n) is 6.66. The number of rotatable bonds is 4. The molecule has 0 unspecified atom stereocenters. The van der Waals surface area contributed by atoms with E-state index in [1.165, 1.54) is 57.5 Å². The molecule has 1 aromatic rings. The number of hydrogen-bond acceptors (Lipinski definition) is 0. The zero-order chi connectivity index (χ0) is 14.5. The van der Waals surface area contributed by atoms with Crippen molar-refractivity contribution in [2.24, 2.45) is 5.92 Å². The summed E-state index contributed by atoms with van der Waals surface area (Å²) in [7, 11) is 0. The Labute approximate surface area is 133 Å². The molecular formula is C18H27ClN2+2. The third-order valence-electron chi connectivity index (χ3n) is 4.96. The number of hydrogen-bond donors (Lipinski definition) is 2. The van der Waals surface area contributed by atoms with Crippen LogP contribution >= 0.6 is 11.6 Å². The molecule has 1 aromatic carbocycles. The van der Waals surface area contributed by atoms with Crippen LogP contribution in [0.1, 0.15) is 24.8 Å². The summed E-state index contributed by atoms with van der Waals surface area (Å²) >= 11 is 6.08. The third kappa shape index (κ3) is 4.57. The Bertz CT molecular complexity index is 478. The van der Waals surface area contributed by atoms with Crippen molar-refractivity contribution in [1.29, 1.82) is 0 Å². The van der Waals surface area contributed by atoms with Gasteiger partial charge in [-0.2, -0.15) is 0 Å². The molecule has 0 aromatic heterocycles. The average Bonchev–Trinajstić information content (AvgIpc) is 2.50. The van der Waals surface area contributed by atoms with E-state index in [2.05, 4.69) is 30.4 Å². The average molecular weight is 307 g/mol. The number of allylic oxidation sites excluding steroid dienone is 2. The van der Waals surface area contributed by atoms with Crippen LogP contribution in [-0.4, -0.2) is 32.7 Å². The van der Waals surface area contributed by atoms with Gasteiger partial charge >= 0.3 is 0 Å². The van der Waals surface area contributed by atoms with Gasteiger partial charge in [-0.3, -0.25) is 0 Å². The van der Waals surface area contributed by atoms with Gasteiger partial charge in [0, 0.05) is 16.5 Å². The van der Waals surface area contributed by atoms with E-state index < -0.39 is 0 Å². The summed E-state index contributed by atoms with van der Waals surface area (Å²) in [4.78, 5) is 3.54. The van der Waals surface area contributed by atoms with Crippen LogP contribution in [0.4, 0.5) is 0 Å². The van der Waals surface area contributed by atoms with E-state index in [-0.39, 0.29) is 0 Å². The predicted molar refractivity (Wildman–Crippen MR) is 87.9 cm³/mol. The number of benzene rings is 1. The summed E-state index contributed by atoms with van der Waals surface area (Å²) in [5.41, 5.74) is 1.37. The summed E-state index contributed by atoms with van der Waals surface area (Å²) in [6.45, 7) is 7.76. The van der Waals surface area contributed by atoms with Crippen LogP contribution < -0.4 is 9.80 Å². The van der Waals surface area contributed by atoms with Crippen molar-refractivity contribution in [2.75, 3.05) is 32.7 Å². The smallest absolute Gasteiger partial charge is 0.127 e. The van der Waals surface area contributed by atoms with Gasteiger partial charge in [-0.15, -0.1) is 0 Å². The molecule has 2 nitrogen and oxygen atoms in total. The summed E-state index contributed by atoms with van der Waals surface area (Å²) in [5.74, 6) is 0.930. The highest BCUT2D eigenvalue weighted by molar-refractivity contribution is 6.30. The van der Waals surface area contributed by atoms with E-state index in [1.54, 1.807) is 4.90 Å². The van der Waals surface area contributed by atoms with E-state index in [0.717, 1.165) is 17.5 Å². The van der Waals surface area contributed by atoms with Crippen molar-refractivity contribution >= 4 is 11.6 Å². The molecule has 1 aliphatic carbocycles. The monoisotopic (exact) mass is 306 g/mol. The molecule has 0 spiro atoms. The van der Waals surface area contributed by atoms with Gasteiger partial charge in [-0.25, -0.2) is 0 Å². The minimum Gasteiger partial charge on any atom is -0.325 e. The number of nitrogens with one attached hydrogen (secondary N) is 2. The first-order chi connectivity index (χ1) is 10.3. The largest absolute Gasteiger partial charge is 0.325 e. The van der Waals surface area contributed by atoms with Crippen LogP contribution in [0.25, 0.3) is 0 Å². The zero-order valence-corrected chi connectivity index (χ0v) is 13.5. The minimum atomic E-state index is 0.863. The van der Waals surface area contributed by atoms with Crippen molar-refractivity contribution in [3.8, 4) is 0 Å². The summed E-state index contributed by atoms with van der Waals surface area (Å²) < 4.78 is 0. The Balaban J connectivity index is 1.43. The lowest BCUT2D eigenvalue weighted by molar-refractivity contribution is -1.02. The van der Waals surface area contributed by atoms with Gasteiger partial charge in [-0.05, 0) is 31.4 Å². The fraction of sp³-hybridized carbons (Fsp3) is 0.556. The Hall–Kier alpha value is -0.830. The van der Waals surface area contributed by atoms with Crippen LogP contribution in [0.3, 0.4) is 0 Å². The summed E-state index contributed by atoms with van der Waals surface area (Å²) in [5, 5.41) is 0.863. The molecule has 1 aliphatic heterocycles. The van der Waals surface area contributed by atoms with Crippen molar-refractivity contribution in [1.82, 2.24) is 0 Å². The maximum atomic E-state index is 6.08. The van der Waals surface area contributed by atoms with Gasteiger partial charge in [0.25, 0.3) is 0 Å². The minimum absolute atomic E-state index is 0.863. The van der Waals surface area contributed by atoms with Crippen molar-refractivity contribution in [3.05, 3.63) is 47.0 Å². The highest BCUT2D eigenvalue weighted by atomic mass is 35.5. The Morgan fingerprint density at radius 1 is 1.05 bits per heavy atom. The van der Waals surface area contributed by atoms with Crippen molar-refractivity contribution < 1.29 is 9.80 Å². The first-order valence-electron chi connectivity index (χ1n) is 8.36. The van der Waals surface area contributed by atoms with Gasteiger partial charge in [-0.1, -0.05) is 35.9 Å². The molecule has 2 N–H and O–H groups in total. The lowest BCUT2D eigenvalue weighted by Crippen LogP contribution is -3.27. The molecule has 3 heteroatoms. The predicted octanol–water partition coefficient (Wildman–Crippen LogP) is 0.980. The fourth-order valence-electron chi connectivity index (χ4n) is 3.72. The maximum absolute atomic E-state index is 6.08. The lowest BCUT2D eigenvalue weighted by atomic mass is 9.94. The van der Waals surface area contributed by atoms with Crippen molar-refractivity contribution in [2.45, 2.75) is 25.8 Å². The van der Waals surface area contributed by atoms with E-state index in [9.17, 15) is 0 Å². The quantitative estimate of drug-likeness (QED) is 0.768. The van der Waals surface area contributed by atoms with Gasteiger partial charge in [0.05, 0.1) is 6.54 Å². The van der Waals surface area contributed by atoms with Gasteiger partial charge in [0.15, 0.2) is 0 Å². The molecule has 1 saturated heterocycles. The van der Waals surface area contributed by atoms with Crippen molar-refractivity contribution in [3.63, 3.8) is 0 Å². The second kappa shape index (κ2) is 7.44. The molecule has 0 radical (unpaired) electrons. The maximum Gasteiger partial charge on any atom is 0.127 e. The zero-order valence-electron chi connectivity index (χ0n) is 12.8. The van der Waals surface area contributed by atoms with Crippen LogP contribution in [0.2, 0.25) is 5.02 Å². The molecule has 0 saturated carbocycles. The summed E-state index contributed by atoms with van der Waals surface area (Å²) in [6, 6.07) is 8.34. The lowest BCUT2D eigenvalue weighted by Gasteiger charge is -2.32. The molecule has 0 bridgehead atoms.